The van der Waals surface area contributed by atoms with E-state index in [2.05, 4.69) is 23.2 Å². The van der Waals surface area contributed by atoms with Crippen molar-refractivity contribution in [2.75, 3.05) is 13.2 Å². The van der Waals surface area contributed by atoms with Gasteiger partial charge in [-0.15, -0.1) is 0 Å². The molecule has 96 valence electrons. The zero-order valence-corrected chi connectivity index (χ0v) is 10.5. The second-order valence-corrected chi connectivity index (χ2v) is 4.85. The Morgan fingerprint density at radius 3 is 3.22 bits per heavy atom. The van der Waals surface area contributed by atoms with Crippen molar-refractivity contribution in [3.8, 4) is 5.75 Å². The molecule has 18 heavy (non-hydrogen) atoms. The number of nitrogens with one attached hydrogen (secondary N) is 1. The molecule has 0 amide bonds. The van der Waals surface area contributed by atoms with E-state index in [0.717, 1.165) is 37.3 Å². The Kier molecular flexibility index (Phi) is 3.51. The molecule has 0 bridgehead atoms. The minimum absolute atomic E-state index is 0.473. The summed E-state index contributed by atoms with van der Waals surface area (Å²) in [6.07, 6.45) is 7.04. The van der Waals surface area contributed by atoms with Gasteiger partial charge < -0.3 is 14.5 Å². The molecular formula is C15H19NO2. The summed E-state index contributed by atoms with van der Waals surface area (Å²) in [4.78, 5) is 3.18. The predicted octanol–water partition coefficient (Wildman–Crippen LogP) is 3.51. The summed E-state index contributed by atoms with van der Waals surface area (Å²) >= 11 is 0. The third kappa shape index (κ3) is 2.67. The average molecular weight is 245 g/mol. The highest BCUT2D eigenvalue weighted by atomic mass is 16.5. The van der Waals surface area contributed by atoms with E-state index in [1.807, 2.05) is 12.3 Å². The van der Waals surface area contributed by atoms with Crippen LogP contribution < -0.4 is 4.74 Å². The Morgan fingerprint density at radius 2 is 2.33 bits per heavy atom. The molecule has 1 aliphatic heterocycles. The van der Waals surface area contributed by atoms with Gasteiger partial charge in [-0.1, -0.05) is 0 Å². The van der Waals surface area contributed by atoms with E-state index in [9.17, 15) is 0 Å². The van der Waals surface area contributed by atoms with Gasteiger partial charge in [0.05, 0.1) is 12.7 Å². The van der Waals surface area contributed by atoms with Crippen molar-refractivity contribution in [2.45, 2.75) is 31.8 Å². The number of ether oxygens (including phenoxy) is 2. The third-order valence-electron chi connectivity index (χ3n) is 3.49. The van der Waals surface area contributed by atoms with Gasteiger partial charge in [0.15, 0.2) is 0 Å². The molecule has 0 spiro atoms. The zero-order chi connectivity index (χ0) is 12.2. The first kappa shape index (κ1) is 11.6. The molecule has 1 N–H and O–H groups in total. The summed E-state index contributed by atoms with van der Waals surface area (Å²) in [7, 11) is 0. The van der Waals surface area contributed by atoms with Crippen LogP contribution in [0.25, 0.3) is 10.9 Å². The van der Waals surface area contributed by atoms with Crippen molar-refractivity contribution in [3.05, 3.63) is 30.5 Å². The molecular weight excluding hydrogens is 226 g/mol. The summed E-state index contributed by atoms with van der Waals surface area (Å²) in [5, 5.41) is 1.20. The predicted molar refractivity (Wildman–Crippen MR) is 72.0 cm³/mol. The zero-order valence-electron chi connectivity index (χ0n) is 10.5. The van der Waals surface area contributed by atoms with Crippen LogP contribution >= 0.6 is 0 Å². The molecule has 2 heterocycles. The van der Waals surface area contributed by atoms with Gasteiger partial charge in [-0.3, -0.25) is 0 Å². The van der Waals surface area contributed by atoms with Crippen molar-refractivity contribution in [2.24, 2.45) is 0 Å². The molecule has 2 aromatic rings. The van der Waals surface area contributed by atoms with E-state index < -0.39 is 0 Å². The van der Waals surface area contributed by atoms with Gasteiger partial charge in [-0.25, -0.2) is 0 Å². The van der Waals surface area contributed by atoms with Gasteiger partial charge in [0.2, 0.25) is 0 Å². The number of aromatic amines is 1. The maximum absolute atomic E-state index is 5.77. The van der Waals surface area contributed by atoms with Crippen molar-refractivity contribution in [3.63, 3.8) is 0 Å². The first-order valence-electron chi connectivity index (χ1n) is 6.73. The normalized spacial score (nSPS) is 19.4. The fourth-order valence-corrected chi connectivity index (χ4v) is 2.49. The Hall–Kier alpha value is -1.48. The highest BCUT2D eigenvalue weighted by molar-refractivity contribution is 5.80. The molecule has 1 fully saturated rings. The fraction of sp³-hybridized carbons (Fsp3) is 0.467. The van der Waals surface area contributed by atoms with Gasteiger partial charge in [-0.2, -0.15) is 0 Å². The minimum Gasteiger partial charge on any atom is -0.494 e. The highest BCUT2D eigenvalue weighted by Gasteiger charge is 2.14. The van der Waals surface area contributed by atoms with Gasteiger partial charge >= 0.3 is 0 Å². The summed E-state index contributed by atoms with van der Waals surface area (Å²) in [6, 6.07) is 8.22. The van der Waals surface area contributed by atoms with Crippen LogP contribution in [0, 0.1) is 0 Å². The molecule has 0 radical (unpaired) electrons. The molecule has 1 unspecified atom stereocenters. The second kappa shape index (κ2) is 5.44. The van der Waals surface area contributed by atoms with Crippen LogP contribution in [0.4, 0.5) is 0 Å². The van der Waals surface area contributed by atoms with Crippen molar-refractivity contribution in [1.82, 2.24) is 4.98 Å². The van der Waals surface area contributed by atoms with E-state index in [-0.39, 0.29) is 0 Å². The standard InChI is InChI=1S/C15H19NO2/c1-3-13(17-9-1)4-2-10-18-14-5-6-15-12(11-14)7-8-16-15/h5-8,11,13,16H,1-4,9-10H2. The van der Waals surface area contributed by atoms with Crippen molar-refractivity contribution in [1.29, 1.82) is 0 Å². The van der Waals surface area contributed by atoms with Crippen LogP contribution in [0.5, 0.6) is 5.75 Å². The number of aromatic nitrogens is 1. The SMILES string of the molecule is c1cc2cc(OCCCC3CCCO3)ccc2[nH]1. The molecule has 1 aromatic heterocycles. The van der Waals surface area contributed by atoms with Gasteiger partial charge in [0.1, 0.15) is 5.75 Å². The molecule has 1 aromatic carbocycles. The van der Waals surface area contributed by atoms with Crippen LogP contribution in [-0.4, -0.2) is 24.3 Å². The Morgan fingerprint density at radius 1 is 1.33 bits per heavy atom. The Bertz CT molecular complexity index is 500. The Balaban J connectivity index is 1.47. The molecule has 3 heteroatoms. The van der Waals surface area contributed by atoms with Crippen LogP contribution in [0.1, 0.15) is 25.7 Å². The Labute approximate surface area is 107 Å². The number of benzene rings is 1. The fourth-order valence-electron chi connectivity index (χ4n) is 2.49. The number of rotatable bonds is 5. The molecule has 1 aliphatic rings. The maximum Gasteiger partial charge on any atom is 0.120 e. The number of hydrogen-bond acceptors (Lipinski definition) is 2. The van der Waals surface area contributed by atoms with Gasteiger partial charge in [0.25, 0.3) is 0 Å². The number of hydrogen-bond donors (Lipinski definition) is 1. The van der Waals surface area contributed by atoms with Crippen LogP contribution in [0.3, 0.4) is 0 Å². The van der Waals surface area contributed by atoms with Gasteiger partial charge in [-0.05, 0) is 49.9 Å². The summed E-state index contributed by atoms with van der Waals surface area (Å²) in [5.41, 5.74) is 1.15. The molecule has 0 aliphatic carbocycles. The number of fused-ring (bicyclic) bond motifs is 1. The van der Waals surface area contributed by atoms with E-state index in [1.165, 1.54) is 18.2 Å². The second-order valence-electron chi connectivity index (χ2n) is 4.85. The lowest BCUT2D eigenvalue weighted by Gasteiger charge is -2.10. The topological polar surface area (TPSA) is 34.2 Å². The van der Waals surface area contributed by atoms with Crippen LogP contribution in [-0.2, 0) is 4.74 Å². The average Bonchev–Trinajstić information content (AvgIpc) is 3.05. The summed E-state index contributed by atoms with van der Waals surface area (Å²) < 4.78 is 11.4. The third-order valence-corrected chi connectivity index (χ3v) is 3.49. The van der Waals surface area contributed by atoms with E-state index in [4.69, 9.17) is 9.47 Å². The molecule has 1 saturated heterocycles. The lowest BCUT2D eigenvalue weighted by Crippen LogP contribution is -2.07. The van der Waals surface area contributed by atoms with Crippen LogP contribution in [0.2, 0.25) is 0 Å². The lowest BCUT2D eigenvalue weighted by molar-refractivity contribution is 0.0981. The largest absolute Gasteiger partial charge is 0.494 e. The quantitative estimate of drug-likeness (QED) is 0.818. The first-order chi connectivity index (χ1) is 8.92. The van der Waals surface area contributed by atoms with E-state index in [1.54, 1.807) is 0 Å². The monoisotopic (exact) mass is 245 g/mol. The van der Waals surface area contributed by atoms with E-state index >= 15 is 0 Å². The minimum atomic E-state index is 0.473. The molecule has 3 nitrogen and oxygen atoms in total. The van der Waals surface area contributed by atoms with Crippen molar-refractivity contribution < 1.29 is 9.47 Å². The smallest absolute Gasteiger partial charge is 0.120 e. The van der Waals surface area contributed by atoms with Crippen molar-refractivity contribution >= 4 is 10.9 Å². The highest BCUT2D eigenvalue weighted by Crippen LogP contribution is 2.21. The molecule has 3 rings (SSSR count). The maximum atomic E-state index is 5.77. The summed E-state index contributed by atoms with van der Waals surface area (Å²) in [6.45, 7) is 1.71. The van der Waals surface area contributed by atoms with Crippen LogP contribution in [0.15, 0.2) is 30.5 Å². The van der Waals surface area contributed by atoms with Gasteiger partial charge in [0, 0.05) is 23.7 Å². The summed E-state index contributed by atoms with van der Waals surface area (Å²) in [5.74, 6) is 0.953. The lowest BCUT2D eigenvalue weighted by atomic mass is 10.1. The molecule has 0 saturated carbocycles. The molecule has 1 atom stereocenters. The first-order valence-corrected chi connectivity index (χ1v) is 6.73. The van der Waals surface area contributed by atoms with E-state index in [0.29, 0.717) is 6.10 Å². The number of H-pyrrole nitrogens is 1.